The first-order valence-corrected chi connectivity index (χ1v) is 10.4. The number of carbonyl (C=O) groups is 1. The molecule has 1 aromatic heterocycles. The van der Waals surface area contributed by atoms with Gasteiger partial charge in [0.1, 0.15) is 0 Å². The SMILES string of the molecule is COc1ccc(C(=O)N(CC[NH+](C)C)c2nc3cc(C)cc(C)c3s2)cc1OC. The van der Waals surface area contributed by atoms with Crippen LogP contribution in [0.25, 0.3) is 10.2 Å². The van der Waals surface area contributed by atoms with Crippen molar-refractivity contribution in [2.24, 2.45) is 0 Å². The third kappa shape index (κ3) is 4.52. The van der Waals surface area contributed by atoms with E-state index in [-0.39, 0.29) is 5.91 Å². The van der Waals surface area contributed by atoms with Crippen molar-refractivity contribution in [2.75, 3.05) is 46.3 Å². The highest BCUT2D eigenvalue weighted by Crippen LogP contribution is 2.34. The molecule has 1 heterocycles. The van der Waals surface area contributed by atoms with Crippen molar-refractivity contribution >= 4 is 32.6 Å². The summed E-state index contributed by atoms with van der Waals surface area (Å²) in [5, 5.41) is 0.717. The van der Waals surface area contributed by atoms with Crippen LogP contribution < -0.4 is 19.3 Å². The number of methoxy groups -OCH3 is 2. The van der Waals surface area contributed by atoms with Gasteiger partial charge in [-0.2, -0.15) is 0 Å². The second-order valence-corrected chi connectivity index (χ2v) is 8.39. The van der Waals surface area contributed by atoms with E-state index in [1.165, 1.54) is 16.0 Å². The molecular formula is C22H28N3O3S+. The zero-order chi connectivity index (χ0) is 21.1. The predicted octanol–water partition coefficient (Wildman–Crippen LogP) is 2.72. The molecule has 0 bridgehead atoms. The predicted molar refractivity (Wildman–Crippen MR) is 118 cm³/mol. The van der Waals surface area contributed by atoms with Gasteiger partial charge in [0.05, 0.1) is 51.6 Å². The number of benzene rings is 2. The summed E-state index contributed by atoms with van der Waals surface area (Å²) >= 11 is 1.56. The van der Waals surface area contributed by atoms with Gasteiger partial charge in [0.2, 0.25) is 0 Å². The topological polar surface area (TPSA) is 56.1 Å². The Balaban J connectivity index is 2.03. The Morgan fingerprint density at radius 1 is 1.10 bits per heavy atom. The minimum Gasteiger partial charge on any atom is -0.493 e. The van der Waals surface area contributed by atoms with Crippen LogP contribution in [0.3, 0.4) is 0 Å². The van der Waals surface area contributed by atoms with E-state index in [1.807, 2.05) is 0 Å². The first-order chi connectivity index (χ1) is 13.8. The van der Waals surface area contributed by atoms with Gasteiger partial charge in [-0.05, 0) is 49.2 Å². The molecule has 7 heteroatoms. The average molecular weight is 415 g/mol. The van der Waals surface area contributed by atoms with Crippen molar-refractivity contribution in [1.29, 1.82) is 0 Å². The summed E-state index contributed by atoms with van der Waals surface area (Å²) in [6.07, 6.45) is 0. The van der Waals surface area contributed by atoms with Gasteiger partial charge in [0.15, 0.2) is 16.6 Å². The lowest BCUT2D eigenvalue weighted by Crippen LogP contribution is -3.06. The van der Waals surface area contributed by atoms with Gasteiger partial charge < -0.3 is 14.4 Å². The Bertz CT molecular complexity index is 1030. The third-order valence-corrected chi connectivity index (χ3v) is 5.98. The number of thiazole rings is 1. The van der Waals surface area contributed by atoms with Gasteiger partial charge in [-0.1, -0.05) is 17.4 Å². The lowest BCUT2D eigenvalue weighted by molar-refractivity contribution is -0.856. The maximum atomic E-state index is 13.4. The van der Waals surface area contributed by atoms with Crippen LogP contribution in [0.2, 0.25) is 0 Å². The summed E-state index contributed by atoms with van der Waals surface area (Å²) in [7, 11) is 7.30. The number of quaternary nitrogens is 1. The molecule has 29 heavy (non-hydrogen) atoms. The van der Waals surface area contributed by atoms with Gasteiger partial charge in [-0.3, -0.25) is 9.69 Å². The molecule has 6 nitrogen and oxygen atoms in total. The summed E-state index contributed by atoms with van der Waals surface area (Å²) in [4.78, 5) is 21.3. The zero-order valence-corrected chi connectivity index (χ0v) is 18.6. The number of ether oxygens (including phenoxy) is 2. The molecule has 0 aliphatic rings. The van der Waals surface area contributed by atoms with Crippen LogP contribution in [-0.2, 0) is 0 Å². The first-order valence-electron chi connectivity index (χ1n) is 9.54. The average Bonchev–Trinajstić information content (AvgIpc) is 3.11. The Morgan fingerprint density at radius 2 is 1.83 bits per heavy atom. The standard InChI is InChI=1S/C22H27N3O3S/c1-14-11-15(2)20-17(12-14)23-22(29-20)25(10-9-24(3)4)21(26)16-7-8-18(27-5)19(13-16)28-6/h7-8,11-13H,9-10H2,1-6H3/p+1. The molecule has 0 atom stereocenters. The number of rotatable bonds is 7. The van der Waals surface area contributed by atoms with Gasteiger partial charge >= 0.3 is 0 Å². The Kier molecular flexibility index (Phi) is 6.39. The van der Waals surface area contributed by atoms with Crippen molar-refractivity contribution in [2.45, 2.75) is 13.8 Å². The Labute approximate surface area is 175 Å². The maximum Gasteiger partial charge on any atom is 0.260 e. The molecule has 0 unspecified atom stereocenters. The maximum absolute atomic E-state index is 13.4. The van der Waals surface area contributed by atoms with E-state index in [0.29, 0.717) is 23.6 Å². The lowest BCUT2D eigenvalue weighted by Gasteiger charge is -2.21. The monoisotopic (exact) mass is 414 g/mol. The van der Waals surface area contributed by atoms with Crippen LogP contribution in [-0.4, -0.2) is 52.3 Å². The molecule has 0 radical (unpaired) electrons. The fourth-order valence-corrected chi connectivity index (χ4v) is 4.26. The summed E-state index contributed by atoms with van der Waals surface area (Å²) < 4.78 is 11.8. The van der Waals surface area contributed by atoms with Crippen molar-refractivity contribution in [3.05, 3.63) is 47.0 Å². The Hall–Kier alpha value is -2.64. The molecule has 1 N–H and O–H groups in total. The van der Waals surface area contributed by atoms with Crippen LogP contribution in [0.1, 0.15) is 21.5 Å². The normalized spacial score (nSPS) is 11.1. The molecule has 3 aromatic rings. The van der Waals surface area contributed by atoms with Crippen molar-refractivity contribution in [3.63, 3.8) is 0 Å². The fourth-order valence-electron chi connectivity index (χ4n) is 3.22. The van der Waals surface area contributed by atoms with E-state index in [2.05, 4.69) is 40.1 Å². The highest BCUT2D eigenvalue weighted by atomic mass is 32.1. The van der Waals surface area contributed by atoms with Crippen LogP contribution in [0.4, 0.5) is 5.13 Å². The molecule has 154 valence electrons. The van der Waals surface area contributed by atoms with Gasteiger partial charge in [-0.25, -0.2) is 4.98 Å². The summed E-state index contributed by atoms with van der Waals surface area (Å²) in [6, 6.07) is 9.46. The third-order valence-electron chi connectivity index (χ3n) is 4.75. The highest BCUT2D eigenvalue weighted by molar-refractivity contribution is 7.22. The van der Waals surface area contributed by atoms with Crippen LogP contribution in [0.15, 0.2) is 30.3 Å². The molecule has 0 saturated heterocycles. The molecule has 0 aliphatic carbocycles. The molecule has 0 saturated carbocycles. The number of aryl methyl sites for hydroxylation is 2. The minimum absolute atomic E-state index is 0.0966. The summed E-state index contributed by atoms with van der Waals surface area (Å²) in [5.41, 5.74) is 3.83. The molecule has 1 amide bonds. The van der Waals surface area contributed by atoms with E-state index in [4.69, 9.17) is 14.5 Å². The second kappa shape index (κ2) is 8.80. The van der Waals surface area contributed by atoms with Crippen molar-refractivity contribution in [3.8, 4) is 11.5 Å². The van der Waals surface area contributed by atoms with Crippen molar-refractivity contribution < 1.29 is 19.2 Å². The van der Waals surface area contributed by atoms with Gasteiger partial charge in [0.25, 0.3) is 5.91 Å². The zero-order valence-electron chi connectivity index (χ0n) is 17.8. The highest BCUT2D eigenvalue weighted by Gasteiger charge is 2.23. The number of anilines is 1. The number of fused-ring (bicyclic) bond motifs is 1. The number of nitrogens with zero attached hydrogens (tertiary/aromatic N) is 2. The summed E-state index contributed by atoms with van der Waals surface area (Å²) in [6.45, 7) is 5.54. The van der Waals surface area contributed by atoms with Gasteiger partial charge in [-0.15, -0.1) is 0 Å². The largest absolute Gasteiger partial charge is 0.493 e. The number of nitrogens with one attached hydrogen (secondary N) is 1. The minimum atomic E-state index is -0.0966. The number of likely N-dealkylation sites (N-methyl/N-ethyl adjacent to an activating group) is 1. The second-order valence-electron chi connectivity index (χ2n) is 7.41. The van der Waals surface area contributed by atoms with Crippen molar-refractivity contribution in [1.82, 2.24) is 4.98 Å². The number of amides is 1. The smallest absolute Gasteiger partial charge is 0.260 e. The van der Waals surface area contributed by atoms with E-state index in [9.17, 15) is 4.79 Å². The Morgan fingerprint density at radius 3 is 2.48 bits per heavy atom. The molecule has 0 fully saturated rings. The van der Waals surface area contributed by atoms with E-state index in [0.717, 1.165) is 21.9 Å². The van der Waals surface area contributed by atoms with Gasteiger partial charge in [0, 0.05) is 5.56 Å². The molecule has 3 rings (SSSR count). The van der Waals surface area contributed by atoms with E-state index >= 15 is 0 Å². The van der Waals surface area contributed by atoms with Crippen LogP contribution in [0, 0.1) is 13.8 Å². The summed E-state index contributed by atoms with van der Waals surface area (Å²) in [5.74, 6) is 1.03. The molecule has 0 aliphatic heterocycles. The quantitative estimate of drug-likeness (QED) is 0.646. The fraction of sp³-hybridized carbons (Fsp3) is 0.364. The molecule has 0 spiro atoms. The first kappa shape index (κ1) is 21.1. The molecule has 2 aromatic carbocycles. The van der Waals surface area contributed by atoms with Crippen LogP contribution in [0.5, 0.6) is 11.5 Å². The van der Waals surface area contributed by atoms with Crippen LogP contribution >= 0.6 is 11.3 Å². The van der Waals surface area contributed by atoms with E-state index < -0.39 is 0 Å². The number of hydrogen-bond donors (Lipinski definition) is 1. The number of aromatic nitrogens is 1. The molecular weight excluding hydrogens is 386 g/mol. The van der Waals surface area contributed by atoms with E-state index in [1.54, 1.807) is 48.7 Å². The number of carbonyl (C=O) groups excluding carboxylic acids is 1. The lowest BCUT2D eigenvalue weighted by atomic mass is 10.1. The number of hydrogen-bond acceptors (Lipinski definition) is 5.